The summed E-state index contributed by atoms with van der Waals surface area (Å²) in [7, 11) is 0. The topological polar surface area (TPSA) is 27.6 Å². The van der Waals surface area contributed by atoms with Crippen LogP contribution in [0.2, 0.25) is 0 Å². The monoisotopic (exact) mass is 335 g/mol. The second-order valence-electron chi connectivity index (χ2n) is 7.06. The van der Waals surface area contributed by atoms with Crippen molar-refractivity contribution in [1.29, 1.82) is 0 Å². The minimum absolute atomic E-state index is 0.945. The summed E-state index contributed by atoms with van der Waals surface area (Å²) in [5.74, 6) is 0. The van der Waals surface area contributed by atoms with Crippen molar-refractivity contribution in [2.45, 2.75) is 96.8 Å². The first kappa shape index (κ1) is 21.2. The zero-order chi connectivity index (χ0) is 17.1. The Hall–Kier alpha value is -0.830. The largest absolute Gasteiger partial charge is 0.297 e. The van der Waals surface area contributed by atoms with E-state index >= 15 is 0 Å². The Morgan fingerprint density at radius 2 is 1.42 bits per heavy atom. The normalized spacial score (nSPS) is 14.3. The molecule has 1 rings (SSSR count). The number of aliphatic imine (C=N–C) groups is 1. The fourth-order valence-electron chi connectivity index (χ4n) is 3.09. The lowest BCUT2D eigenvalue weighted by molar-refractivity contribution is 0.336. The van der Waals surface area contributed by atoms with Crippen LogP contribution in [0.4, 0.5) is 0 Å². The highest BCUT2D eigenvalue weighted by molar-refractivity contribution is 5.56. The van der Waals surface area contributed by atoms with Gasteiger partial charge in [-0.1, -0.05) is 76.9 Å². The first-order chi connectivity index (χ1) is 11.9. The molecule has 3 nitrogen and oxygen atoms in total. The van der Waals surface area contributed by atoms with E-state index in [1.165, 1.54) is 89.9 Å². The molecule has 0 aliphatic carbocycles. The molecule has 1 N–H and O–H groups in total. The highest BCUT2D eigenvalue weighted by Crippen LogP contribution is 2.09. The van der Waals surface area contributed by atoms with Crippen LogP contribution in [0, 0.1) is 0 Å². The third kappa shape index (κ3) is 13.6. The van der Waals surface area contributed by atoms with Gasteiger partial charge in [0.2, 0.25) is 0 Å². The summed E-state index contributed by atoms with van der Waals surface area (Å²) in [6, 6.07) is 0. The number of unbranched alkanes of at least 4 members (excludes halogenated alkanes) is 12. The van der Waals surface area contributed by atoms with Crippen LogP contribution in [0.25, 0.3) is 0 Å². The van der Waals surface area contributed by atoms with E-state index in [-0.39, 0.29) is 0 Å². The number of nitrogens with zero attached hydrogens (tertiary/aromatic N) is 2. The molecule has 0 aromatic carbocycles. The maximum Gasteiger partial charge on any atom is 0.0993 e. The summed E-state index contributed by atoms with van der Waals surface area (Å²) in [6.45, 7) is 5.35. The lowest BCUT2D eigenvalue weighted by Crippen LogP contribution is -2.35. The standard InChI is InChI=1S/C21H41N3/c1-2-3-4-5-6-7-8-9-10-11-12-13-14-15-16-17-18-23-24-20-19-22-21-24/h9-10,21,23H,2-8,11-20H2,1H3/b10-9-. The van der Waals surface area contributed by atoms with Crippen molar-refractivity contribution in [3.8, 4) is 0 Å². The highest BCUT2D eigenvalue weighted by Gasteiger charge is 2.02. The van der Waals surface area contributed by atoms with Crippen molar-refractivity contribution in [2.24, 2.45) is 4.99 Å². The minimum atomic E-state index is 0.945. The molecular weight excluding hydrogens is 294 g/mol. The fourth-order valence-corrected chi connectivity index (χ4v) is 3.09. The number of hydrogen-bond acceptors (Lipinski definition) is 3. The average Bonchev–Trinajstić information content (AvgIpc) is 3.11. The van der Waals surface area contributed by atoms with Crippen LogP contribution in [-0.2, 0) is 0 Å². The molecule has 0 bridgehead atoms. The Balaban J connectivity index is 1.69. The molecule has 1 aliphatic heterocycles. The van der Waals surface area contributed by atoms with Gasteiger partial charge in [0, 0.05) is 6.54 Å². The first-order valence-electron chi connectivity index (χ1n) is 10.6. The molecule has 0 spiro atoms. The summed E-state index contributed by atoms with van der Waals surface area (Å²) in [5, 5.41) is 2.11. The number of hydrazine groups is 1. The lowest BCUT2D eigenvalue weighted by Gasteiger charge is -2.14. The Bertz CT molecular complexity index is 312. The predicted molar refractivity (Wildman–Crippen MR) is 108 cm³/mol. The van der Waals surface area contributed by atoms with Gasteiger partial charge in [-0.05, 0) is 32.1 Å². The van der Waals surface area contributed by atoms with E-state index < -0.39 is 0 Å². The van der Waals surface area contributed by atoms with Crippen LogP contribution in [0.3, 0.4) is 0 Å². The van der Waals surface area contributed by atoms with E-state index in [2.05, 4.69) is 34.5 Å². The van der Waals surface area contributed by atoms with E-state index in [4.69, 9.17) is 0 Å². The minimum Gasteiger partial charge on any atom is -0.297 e. The summed E-state index contributed by atoms with van der Waals surface area (Å²) >= 11 is 0. The number of allylic oxidation sites excluding steroid dienone is 2. The van der Waals surface area contributed by atoms with Crippen LogP contribution in [-0.4, -0.2) is 31.0 Å². The van der Waals surface area contributed by atoms with Crippen molar-refractivity contribution in [2.75, 3.05) is 19.6 Å². The molecule has 0 amide bonds. The van der Waals surface area contributed by atoms with Gasteiger partial charge < -0.3 is 0 Å². The number of rotatable bonds is 17. The van der Waals surface area contributed by atoms with Gasteiger partial charge in [-0.2, -0.15) is 0 Å². The van der Waals surface area contributed by atoms with E-state index in [9.17, 15) is 0 Å². The van der Waals surface area contributed by atoms with E-state index in [0.717, 1.165) is 19.6 Å². The second-order valence-corrected chi connectivity index (χ2v) is 7.06. The van der Waals surface area contributed by atoms with Crippen molar-refractivity contribution in [1.82, 2.24) is 10.4 Å². The first-order valence-corrected chi connectivity index (χ1v) is 10.6. The second kappa shape index (κ2) is 17.0. The Labute approximate surface area is 151 Å². The summed E-state index contributed by atoms with van der Waals surface area (Å²) in [6.07, 6.45) is 25.9. The average molecular weight is 336 g/mol. The molecule has 1 aliphatic rings. The van der Waals surface area contributed by atoms with Gasteiger partial charge in [-0.25, -0.2) is 5.43 Å². The van der Waals surface area contributed by atoms with Crippen LogP contribution in [0.5, 0.6) is 0 Å². The van der Waals surface area contributed by atoms with Gasteiger partial charge in [-0.3, -0.25) is 10.0 Å². The maximum absolute atomic E-state index is 4.19. The quantitative estimate of drug-likeness (QED) is 0.266. The van der Waals surface area contributed by atoms with Crippen LogP contribution < -0.4 is 5.43 Å². The third-order valence-corrected chi connectivity index (χ3v) is 4.69. The van der Waals surface area contributed by atoms with E-state index in [1.807, 2.05) is 6.34 Å². The molecule has 0 saturated carbocycles. The maximum atomic E-state index is 4.19. The van der Waals surface area contributed by atoms with Gasteiger partial charge in [-0.15, -0.1) is 0 Å². The molecule has 0 aromatic rings. The highest BCUT2D eigenvalue weighted by atomic mass is 15.5. The Kier molecular flexibility index (Phi) is 15.0. The van der Waals surface area contributed by atoms with Gasteiger partial charge in [0.05, 0.1) is 19.4 Å². The zero-order valence-electron chi connectivity index (χ0n) is 16.1. The molecular formula is C21H41N3. The molecule has 0 aromatic heterocycles. The van der Waals surface area contributed by atoms with Crippen molar-refractivity contribution in [3.63, 3.8) is 0 Å². The van der Waals surface area contributed by atoms with Crippen LogP contribution >= 0.6 is 0 Å². The Morgan fingerprint density at radius 1 is 0.833 bits per heavy atom. The molecule has 0 radical (unpaired) electrons. The van der Waals surface area contributed by atoms with E-state index in [1.54, 1.807) is 0 Å². The van der Waals surface area contributed by atoms with Gasteiger partial charge in [0.25, 0.3) is 0 Å². The van der Waals surface area contributed by atoms with Crippen molar-refractivity contribution in [3.05, 3.63) is 12.2 Å². The summed E-state index contributed by atoms with van der Waals surface area (Å²) in [5.41, 5.74) is 3.41. The van der Waals surface area contributed by atoms with Crippen molar-refractivity contribution >= 4 is 6.34 Å². The van der Waals surface area contributed by atoms with Gasteiger partial charge >= 0.3 is 0 Å². The molecule has 24 heavy (non-hydrogen) atoms. The van der Waals surface area contributed by atoms with Crippen molar-refractivity contribution < 1.29 is 0 Å². The smallest absolute Gasteiger partial charge is 0.0993 e. The molecule has 0 unspecified atom stereocenters. The van der Waals surface area contributed by atoms with Crippen LogP contribution in [0.15, 0.2) is 17.1 Å². The number of nitrogens with one attached hydrogen (secondary N) is 1. The lowest BCUT2D eigenvalue weighted by atomic mass is 10.1. The molecule has 0 saturated heterocycles. The molecule has 0 atom stereocenters. The van der Waals surface area contributed by atoms with E-state index in [0.29, 0.717) is 0 Å². The zero-order valence-corrected chi connectivity index (χ0v) is 16.1. The summed E-state index contributed by atoms with van der Waals surface area (Å²) < 4.78 is 0. The Morgan fingerprint density at radius 3 is 2.00 bits per heavy atom. The van der Waals surface area contributed by atoms with Crippen LogP contribution in [0.1, 0.15) is 96.8 Å². The number of hydrogen-bond donors (Lipinski definition) is 1. The third-order valence-electron chi connectivity index (χ3n) is 4.69. The molecule has 0 fully saturated rings. The molecule has 140 valence electrons. The van der Waals surface area contributed by atoms with Gasteiger partial charge in [0.15, 0.2) is 0 Å². The van der Waals surface area contributed by atoms with Gasteiger partial charge in [0.1, 0.15) is 0 Å². The summed E-state index contributed by atoms with van der Waals surface area (Å²) in [4.78, 5) is 4.19. The predicted octanol–water partition coefficient (Wildman–Crippen LogP) is 5.87. The molecule has 3 heteroatoms. The molecule has 1 heterocycles. The fraction of sp³-hybridized carbons (Fsp3) is 0.857. The SMILES string of the molecule is CCCCCCCC/C=C\CCCCCCCCNN1C=NCC1.